The maximum absolute atomic E-state index is 13.8. The van der Waals surface area contributed by atoms with Gasteiger partial charge in [-0.2, -0.15) is 0 Å². The minimum absolute atomic E-state index is 0.0331. The molecule has 0 unspecified atom stereocenters. The van der Waals surface area contributed by atoms with Gasteiger partial charge < -0.3 is 14.5 Å². The highest BCUT2D eigenvalue weighted by atomic mass is 19.1. The molecule has 1 aromatic heterocycles. The number of halogens is 2. The van der Waals surface area contributed by atoms with Crippen LogP contribution in [0.15, 0.2) is 52.9 Å². The Labute approximate surface area is 165 Å². The first-order chi connectivity index (χ1) is 13.8. The number of carbonyl (C=O) groups excluding carboxylic acids is 2. The van der Waals surface area contributed by atoms with Gasteiger partial charge in [-0.1, -0.05) is 24.3 Å². The van der Waals surface area contributed by atoms with Crippen molar-refractivity contribution in [2.75, 3.05) is 6.61 Å². The average molecular weight is 400 g/mol. The van der Waals surface area contributed by atoms with Crippen LogP contribution in [0.2, 0.25) is 0 Å². The van der Waals surface area contributed by atoms with Crippen molar-refractivity contribution in [3.8, 4) is 11.5 Å². The number of nitrogens with zero attached hydrogens (tertiary/aromatic N) is 1. The highest BCUT2D eigenvalue weighted by Gasteiger charge is 2.21. The SMILES string of the molecule is Cc1oc(-c2ccccc2)nc1C(=O)OCC(=O)N[C@@H](C)c1ccc(F)cc1F. The molecule has 150 valence electrons. The molecule has 29 heavy (non-hydrogen) atoms. The number of oxazole rings is 1. The van der Waals surface area contributed by atoms with Crippen LogP contribution in [0.25, 0.3) is 11.5 Å². The molecule has 1 amide bonds. The van der Waals surface area contributed by atoms with Crippen LogP contribution >= 0.6 is 0 Å². The van der Waals surface area contributed by atoms with Gasteiger partial charge in [-0.3, -0.25) is 4.79 Å². The number of amides is 1. The molecule has 0 aliphatic rings. The number of carbonyl (C=O) groups is 2. The summed E-state index contributed by atoms with van der Waals surface area (Å²) in [5.41, 5.74) is 0.780. The van der Waals surface area contributed by atoms with Crippen LogP contribution in [0.1, 0.15) is 34.8 Å². The fourth-order valence-corrected chi connectivity index (χ4v) is 2.70. The fourth-order valence-electron chi connectivity index (χ4n) is 2.70. The average Bonchev–Trinajstić information content (AvgIpc) is 3.08. The van der Waals surface area contributed by atoms with E-state index in [-0.39, 0.29) is 22.9 Å². The zero-order chi connectivity index (χ0) is 21.0. The van der Waals surface area contributed by atoms with Crippen LogP contribution < -0.4 is 5.32 Å². The lowest BCUT2D eigenvalue weighted by atomic mass is 10.1. The van der Waals surface area contributed by atoms with E-state index in [2.05, 4.69) is 10.3 Å². The third kappa shape index (κ3) is 4.84. The van der Waals surface area contributed by atoms with Gasteiger partial charge in [0.25, 0.3) is 5.91 Å². The summed E-state index contributed by atoms with van der Waals surface area (Å²) in [7, 11) is 0. The van der Waals surface area contributed by atoms with E-state index in [9.17, 15) is 18.4 Å². The molecule has 0 bridgehead atoms. The van der Waals surface area contributed by atoms with Crippen molar-refractivity contribution < 1.29 is 27.5 Å². The zero-order valence-corrected chi connectivity index (χ0v) is 15.7. The topological polar surface area (TPSA) is 81.4 Å². The first-order valence-corrected chi connectivity index (χ1v) is 8.79. The standard InChI is InChI=1S/C21H18F2N2O4/c1-12(16-9-8-15(22)10-17(16)23)24-18(26)11-28-21(27)19-13(2)29-20(25-19)14-6-4-3-5-7-14/h3-10,12H,11H2,1-2H3,(H,24,26)/t12-/m0/s1. The van der Waals surface area contributed by atoms with E-state index in [1.165, 1.54) is 13.0 Å². The van der Waals surface area contributed by atoms with Crippen molar-refractivity contribution in [3.05, 3.63) is 77.2 Å². The van der Waals surface area contributed by atoms with Crippen molar-refractivity contribution in [1.29, 1.82) is 0 Å². The lowest BCUT2D eigenvalue weighted by Crippen LogP contribution is -2.31. The van der Waals surface area contributed by atoms with Crippen LogP contribution in [0.5, 0.6) is 0 Å². The van der Waals surface area contributed by atoms with Crippen LogP contribution in [-0.4, -0.2) is 23.5 Å². The quantitative estimate of drug-likeness (QED) is 0.634. The smallest absolute Gasteiger partial charge is 0.361 e. The molecule has 2 aromatic carbocycles. The lowest BCUT2D eigenvalue weighted by molar-refractivity contribution is -0.124. The molecule has 6 nitrogen and oxygen atoms in total. The van der Waals surface area contributed by atoms with Gasteiger partial charge in [0.2, 0.25) is 5.89 Å². The number of benzene rings is 2. The highest BCUT2D eigenvalue weighted by molar-refractivity contribution is 5.91. The van der Waals surface area contributed by atoms with Gasteiger partial charge in [-0.15, -0.1) is 0 Å². The number of rotatable bonds is 6. The Hall–Kier alpha value is -3.55. The summed E-state index contributed by atoms with van der Waals surface area (Å²) in [5, 5.41) is 2.49. The number of hydrogen-bond acceptors (Lipinski definition) is 5. The van der Waals surface area contributed by atoms with Crippen LogP contribution in [0.3, 0.4) is 0 Å². The number of hydrogen-bond donors (Lipinski definition) is 1. The van der Waals surface area contributed by atoms with Crippen LogP contribution in [0, 0.1) is 18.6 Å². The molecule has 3 aromatic rings. The number of ether oxygens (including phenoxy) is 1. The van der Waals surface area contributed by atoms with E-state index in [0.717, 1.165) is 12.1 Å². The molecule has 0 saturated heterocycles. The summed E-state index contributed by atoms with van der Waals surface area (Å²) in [6, 6.07) is 11.4. The van der Waals surface area contributed by atoms with Gasteiger partial charge in [-0.25, -0.2) is 18.6 Å². The number of aromatic nitrogens is 1. The first-order valence-electron chi connectivity index (χ1n) is 8.79. The number of aryl methyl sites for hydroxylation is 1. The molecule has 1 atom stereocenters. The van der Waals surface area contributed by atoms with Crippen molar-refractivity contribution in [1.82, 2.24) is 10.3 Å². The Morgan fingerprint density at radius 3 is 2.59 bits per heavy atom. The molecule has 8 heteroatoms. The second-order valence-electron chi connectivity index (χ2n) is 6.32. The van der Waals surface area contributed by atoms with Crippen molar-refractivity contribution >= 4 is 11.9 Å². The minimum atomic E-state index is -0.816. The largest absolute Gasteiger partial charge is 0.451 e. The summed E-state index contributed by atoms with van der Waals surface area (Å²) < 4.78 is 37.2. The van der Waals surface area contributed by atoms with Gasteiger partial charge in [0.15, 0.2) is 12.3 Å². The van der Waals surface area contributed by atoms with E-state index in [4.69, 9.17) is 9.15 Å². The molecule has 0 saturated carbocycles. The third-order valence-electron chi connectivity index (χ3n) is 4.15. The zero-order valence-electron chi connectivity index (χ0n) is 15.7. The second-order valence-corrected chi connectivity index (χ2v) is 6.32. The van der Waals surface area contributed by atoms with E-state index < -0.39 is 36.2 Å². The highest BCUT2D eigenvalue weighted by Crippen LogP contribution is 2.22. The normalized spacial score (nSPS) is 11.7. The van der Waals surface area contributed by atoms with Crippen LogP contribution in [-0.2, 0) is 9.53 Å². The summed E-state index contributed by atoms with van der Waals surface area (Å²) in [6.45, 7) is 2.51. The summed E-state index contributed by atoms with van der Waals surface area (Å²) >= 11 is 0. The molecule has 0 aliphatic carbocycles. The molecule has 3 rings (SSSR count). The molecule has 0 radical (unpaired) electrons. The maximum atomic E-state index is 13.8. The number of nitrogens with one attached hydrogen (secondary N) is 1. The fraction of sp³-hybridized carbons (Fsp3) is 0.190. The van der Waals surface area contributed by atoms with Crippen LogP contribution in [0.4, 0.5) is 8.78 Å². The molecule has 1 N–H and O–H groups in total. The summed E-state index contributed by atoms with van der Waals surface area (Å²) in [6.07, 6.45) is 0. The van der Waals surface area contributed by atoms with Gasteiger partial charge >= 0.3 is 5.97 Å². The molecular weight excluding hydrogens is 382 g/mol. The number of esters is 1. The molecule has 0 fully saturated rings. The van der Waals surface area contributed by atoms with E-state index >= 15 is 0 Å². The molecule has 1 heterocycles. The Balaban J connectivity index is 1.59. The lowest BCUT2D eigenvalue weighted by Gasteiger charge is -2.15. The van der Waals surface area contributed by atoms with E-state index in [0.29, 0.717) is 5.56 Å². The van der Waals surface area contributed by atoms with Crippen molar-refractivity contribution in [2.24, 2.45) is 0 Å². The molecule has 0 spiro atoms. The monoisotopic (exact) mass is 400 g/mol. The van der Waals surface area contributed by atoms with Crippen molar-refractivity contribution in [3.63, 3.8) is 0 Å². The Morgan fingerprint density at radius 2 is 1.90 bits per heavy atom. The maximum Gasteiger partial charge on any atom is 0.361 e. The summed E-state index contributed by atoms with van der Waals surface area (Å²) in [5.74, 6) is -2.42. The third-order valence-corrected chi connectivity index (χ3v) is 4.15. The van der Waals surface area contributed by atoms with Gasteiger partial charge in [0, 0.05) is 17.2 Å². The van der Waals surface area contributed by atoms with E-state index in [1.807, 2.05) is 18.2 Å². The summed E-state index contributed by atoms with van der Waals surface area (Å²) in [4.78, 5) is 28.4. The van der Waals surface area contributed by atoms with Gasteiger partial charge in [0.05, 0.1) is 6.04 Å². The Morgan fingerprint density at radius 1 is 1.17 bits per heavy atom. The first kappa shape index (κ1) is 20.2. The molecule has 0 aliphatic heterocycles. The minimum Gasteiger partial charge on any atom is -0.451 e. The second kappa shape index (κ2) is 8.64. The Kier molecular flexibility index (Phi) is 6.01. The van der Waals surface area contributed by atoms with Gasteiger partial charge in [0.1, 0.15) is 17.4 Å². The molecular formula is C21H18F2N2O4. The van der Waals surface area contributed by atoms with Gasteiger partial charge in [-0.05, 0) is 32.0 Å². The predicted molar refractivity (Wildman–Crippen MR) is 99.9 cm³/mol. The van der Waals surface area contributed by atoms with Crippen molar-refractivity contribution in [2.45, 2.75) is 19.9 Å². The van der Waals surface area contributed by atoms with E-state index in [1.54, 1.807) is 19.1 Å². The predicted octanol–water partition coefficient (Wildman–Crippen LogP) is 3.96. The Bertz CT molecular complexity index is 1030.